The molecule has 1 atom stereocenters. The SMILES string of the molecule is COc1cc(OC)nc(NC(C)C(=O)NC(C)(C)C)n1. The van der Waals surface area contributed by atoms with Crippen LogP contribution in [0.15, 0.2) is 6.07 Å². The van der Waals surface area contributed by atoms with Crippen LogP contribution in [0.2, 0.25) is 0 Å². The molecule has 1 amide bonds. The van der Waals surface area contributed by atoms with Crippen LogP contribution in [0.5, 0.6) is 11.8 Å². The van der Waals surface area contributed by atoms with Gasteiger partial charge in [-0.15, -0.1) is 0 Å². The summed E-state index contributed by atoms with van der Waals surface area (Å²) < 4.78 is 10.1. The van der Waals surface area contributed by atoms with Gasteiger partial charge in [0.1, 0.15) is 6.04 Å². The van der Waals surface area contributed by atoms with Gasteiger partial charge in [0.15, 0.2) is 0 Å². The fourth-order valence-electron chi connectivity index (χ4n) is 1.41. The van der Waals surface area contributed by atoms with Crippen LogP contribution in [0.4, 0.5) is 5.95 Å². The van der Waals surface area contributed by atoms with Gasteiger partial charge in [-0.2, -0.15) is 9.97 Å². The summed E-state index contributed by atoms with van der Waals surface area (Å²) in [6.45, 7) is 7.49. The molecule has 2 N–H and O–H groups in total. The van der Waals surface area contributed by atoms with E-state index in [1.54, 1.807) is 13.0 Å². The molecule has 0 saturated heterocycles. The molecule has 112 valence electrons. The minimum Gasteiger partial charge on any atom is -0.481 e. The molecule has 7 nitrogen and oxygen atoms in total. The van der Waals surface area contributed by atoms with Crippen LogP contribution >= 0.6 is 0 Å². The van der Waals surface area contributed by atoms with E-state index in [0.717, 1.165) is 0 Å². The molecule has 7 heteroatoms. The minimum atomic E-state index is -0.481. The Morgan fingerprint density at radius 3 is 2.10 bits per heavy atom. The monoisotopic (exact) mass is 282 g/mol. The maximum atomic E-state index is 12.0. The van der Waals surface area contributed by atoms with Crippen molar-refractivity contribution in [3.05, 3.63) is 6.07 Å². The summed E-state index contributed by atoms with van der Waals surface area (Å²) in [5.41, 5.74) is -0.292. The highest BCUT2D eigenvalue weighted by atomic mass is 16.5. The maximum Gasteiger partial charge on any atom is 0.242 e. The van der Waals surface area contributed by atoms with Crippen LogP contribution in [-0.2, 0) is 4.79 Å². The lowest BCUT2D eigenvalue weighted by atomic mass is 10.1. The average molecular weight is 282 g/mol. The molecule has 1 rings (SSSR count). The van der Waals surface area contributed by atoms with Crippen molar-refractivity contribution in [3.63, 3.8) is 0 Å². The second-order valence-corrected chi connectivity index (χ2v) is 5.38. The summed E-state index contributed by atoms with van der Waals surface area (Å²) in [6.07, 6.45) is 0. The van der Waals surface area contributed by atoms with E-state index in [-0.39, 0.29) is 17.4 Å². The van der Waals surface area contributed by atoms with Crippen LogP contribution in [0.1, 0.15) is 27.7 Å². The van der Waals surface area contributed by atoms with Crippen molar-refractivity contribution in [1.29, 1.82) is 0 Å². The van der Waals surface area contributed by atoms with Crippen molar-refractivity contribution < 1.29 is 14.3 Å². The molecular formula is C13H22N4O3. The van der Waals surface area contributed by atoms with E-state index in [1.165, 1.54) is 14.2 Å². The van der Waals surface area contributed by atoms with E-state index in [2.05, 4.69) is 20.6 Å². The number of aromatic nitrogens is 2. The molecule has 0 aliphatic heterocycles. The minimum absolute atomic E-state index is 0.136. The third-order valence-corrected chi connectivity index (χ3v) is 2.33. The molecule has 1 heterocycles. The number of anilines is 1. The van der Waals surface area contributed by atoms with Gasteiger partial charge in [-0.05, 0) is 27.7 Å². The van der Waals surface area contributed by atoms with Gasteiger partial charge in [0.05, 0.1) is 20.3 Å². The highest BCUT2D eigenvalue weighted by Crippen LogP contribution is 2.17. The summed E-state index contributed by atoms with van der Waals surface area (Å²) in [7, 11) is 3.00. The standard InChI is InChI=1S/C13H22N4O3/c1-8(11(18)17-13(2,3)4)14-12-15-9(19-5)7-10(16-12)20-6/h7-8H,1-6H3,(H,17,18)(H,14,15,16). The number of ether oxygens (including phenoxy) is 2. The quantitative estimate of drug-likeness (QED) is 0.844. The van der Waals surface area contributed by atoms with Crippen LogP contribution in [0.3, 0.4) is 0 Å². The number of methoxy groups -OCH3 is 2. The highest BCUT2D eigenvalue weighted by Gasteiger charge is 2.20. The summed E-state index contributed by atoms with van der Waals surface area (Å²) in [4.78, 5) is 20.2. The smallest absolute Gasteiger partial charge is 0.242 e. The summed E-state index contributed by atoms with van der Waals surface area (Å²) in [5.74, 6) is 0.867. The number of rotatable bonds is 5. The zero-order valence-electron chi connectivity index (χ0n) is 12.8. The zero-order chi connectivity index (χ0) is 15.3. The van der Waals surface area contributed by atoms with Crippen molar-refractivity contribution in [2.75, 3.05) is 19.5 Å². The second-order valence-electron chi connectivity index (χ2n) is 5.38. The molecule has 0 fully saturated rings. The van der Waals surface area contributed by atoms with Gasteiger partial charge < -0.3 is 20.1 Å². The lowest BCUT2D eigenvalue weighted by Crippen LogP contribution is -2.47. The Labute approximate surface area is 119 Å². The average Bonchev–Trinajstić information content (AvgIpc) is 2.36. The fourth-order valence-corrected chi connectivity index (χ4v) is 1.41. The van der Waals surface area contributed by atoms with Gasteiger partial charge in [-0.25, -0.2) is 0 Å². The van der Waals surface area contributed by atoms with Crippen LogP contribution in [0, 0.1) is 0 Å². The zero-order valence-corrected chi connectivity index (χ0v) is 12.8. The van der Waals surface area contributed by atoms with Crippen molar-refractivity contribution in [1.82, 2.24) is 15.3 Å². The molecule has 0 bridgehead atoms. The first kappa shape index (κ1) is 16.0. The molecular weight excluding hydrogens is 260 g/mol. The number of carbonyl (C=O) groups is 1. The van der Waals surface area contributed by atoms with E-state index in [1.807, 2.05) is 20.8 Å². The molecule has 1 unspecified atom stereocenters. The third-order valence-electron chi connectivity index (χ3n) is 2.33. The van der Waals surface area contributed by atoms with Crippen LogP contribution in [0.25, 0.3) is 0 Å². The fraction of sp³-hybridized carbons (Fsp3) is 0.615. The Balaban J connectivity index is 2.79. The maximum absolute atomic E-state index is 12.0. The summed E-state index contributed by atoms with van der Waals surface area (Å²) in [6, 6.07) is 1.08. The van der Waals surface area contributed by atoms with Gasteiger partial charge in [-0.1, -0.05) is 0 Å². The topological polar surface area (TPSA) is 85.4 Å². The van der Waals surface area contributed by atoms with Gasteiger partial charge in [0, 0.05) is 5.54 Å². The summed E-state index contributed by atoms with van der Waals surface area (Å²) >= 11 is 0. The molecule has 1 aromatic rings. The van der Waals surface area contributed by atoms with Crippen LogP contribution in [-0.4, -0.2) is 41.7 Å². The van der Waals surface area contributed by atoms with Crippen molar-refractivity contribution in [2.24, 2.45) is 0 Å². The Hall–Kier alpha value is -2.05. The summed E-state index contributed by atoms with van der Waals surface area (Å²) in [5, 5.41) is 5.80. The Morgan fingerprint density at radius 1 is 1.20 bits per heavy atom. The molecule has 20 heavy (non-hydrogen) atoms. The Bertz CT molecular complexity index is 449. The molecule has 0 aliphatic rings. The van der Waals surface area contributed by atoms with Gasteiger partial charge in [-0.3, -0.25) is 4.79 Å². The molecule has 0 saturated carbocycles. The first-order chi connectivity index (χ1) is 9.25. The lowest BCUT2D eigenvalue weighted by Gasteiger charge is -2.23. The van der Waals surface area contributed by atoms with Gasteiger partial charge >= 0.3 is 0 Å². The van der Waals surface area contributed by atoms with Crippen molar-refractivity contribution in [2.45, 2.75) is 39.3 Å². The molecule has 0 aliphatic carbocycles. The molecule has 0 radical (unpaired) electrons. The normalized spacial score (nSPS) is 12.5. The largest absolute Gasteiger partial charge is 0.481 e. The number of nitrogens with zero attached hydrogens (tertiary/aromatic N) is 2. The number of hydrogen-bond donors (Lipinski definition) is 2. The predicted octanol–water partition coefficient (Wildman–Crippen LogP) is 1.21. The Kier molecular flexibility index (Phi) is 5.12. The molecule has 0 aromatic carbocycles. The van der Waals surface area contributed by atoms with Crippen molar-refractivity contribution >= 4 is 11.9 Å². The third kappa shape index (κ3) is 4.91. The van der Waals surface area contributed by atoms with E-state index in [9.17, 15) is 4.79 Å². The number of hydrogen-bond acceptors (Lipinski definition) is 6. The first-order valence-electron chi connectivity index (χ1n) is 6.31. The number of nitrogens with one attached hydrogen (secondary N) is 2. The van der Waals surface area contributed by atoms with E-state index in [0.29, 0.717) is 11.8 Å². The number of carbonyl (C=O) groups excluding carboxylic acids is 1. The number of amides is 1. The predicted molar refractivity (Wildman–Crippen MR) is 76.1 cm³/mol. The van der Waals surface area contributed by atoms with E-state index in [4.69, 9.17) is 9.47 Å². The Morgan fingerprint density at radius 2 is 1.70 bits per heavy atom. The van der Waals surface area contributed by atoms with Crippen molar-refractivity contribution in [3.8, 4) is 11.8 Å². The highest BCUT2D eigenvalue weighted by molar-refractivity contribution is 5.84. The molecule has 0 spiro atoms. The second kappa shape index (κ2) is 6.40. The lowest BCUT2D eigenvalue weighted by molar-refractivity contribution is -0.122. The van der Waals surface area contributed by atoms with Crippen LogP contribution < -0.4 is 20.1 Å². The van der Waals surface area contributed by atoms with Gasteiger partial charge in [0.25, 0.3) is 0 Å². The molecule has 1 aromatic heterocycles. The van der Waals surface area contributed by atoms with Gasteiger partial charge in [0.2, 0.25) is 23.6 Å². The van der Waals surface area contributed by atoms with E-state index < -0.39 is 6.04 Å². The first-order valence-corrected chi connectivity index (χ1v) is 6.31. The van der Waals surface area contributed by atoms with E-state index >= 15 is 0 Å².